The Bertz CT molecular complexity index is 1290. The molecule has 38 heavy (non-hydrogen) atoms. The fourth-order valence-corrected chi connectivity index (χ4v) is 5.29. The zero-order chi connectivity index (χ0) is 27.2. The SMILES string of the molecule is C=CCCCC(=O)Nc1ccc(-c2ccc3c(c2)[C@H](Nc2ncc(Cl)cn2)C(C)C(CC)N3C(C)=O)cc1. The van der Waals surface area contributed by atoms with E-state index in [2.05, 4.69) is 47.1 Å². The second kappa shape index (κ2) is 12.2. The van der Waals surface area contributed by atoms with Crippen LogP contribution in [-0.4, -0.2) is 27.8 Å². The summed E-state index contributed by atoms with van der Waals surface area (Å²) in [6.45, 7) is 9.57. The van der Waals surface area contributed by atoms with Gasteiger partial charge in [-0.3, -0.25) is 9.59 Å². The highest BCUT2D eigenvalue weighted by atomic mass is 35.5. The Kier molecular flexibility index (Phi) is 8.79. The van der Waals surface area contributed by atoms with Crippen LogP contribution in [0.2, 0.25) is 5.02 Å². The molecule has 0 saturated heterocycles. The molecule has 7 nitrogen and oxygen atoms in total. The number of fused-ring (bicyclic) bond motifs is 1. The minimum atomic E-state index is -0.110. The molecule has 0 spiro atoms. The van der Waals surface area contributed by atoms with Gasteiger partial charge in [-0.1, -0.05) is 49.7 Å². The van der Waals surface area contributed by atoms with Crippen LogP contribution in [0.5, 0.6) is 0 Å². The van der Waals surface area contributed by atoms with Crippen LogP contribution in [0.4, 0.5) is 17.3 Å². The van der Waals surface area contributed by atoms with E-state index in [1.165, 1.54) is 0 Å². The Labute approximate surface area is 229 Å². The van der Waals surface area contributed by atoms with Gasteiger partial charge in [0.15, 0.2) is 0 Å². The van der Waals surface area contributed by atoms with Gasteiger partial charge >= 0.3 is 0 Å². The number of benzene rings is 2. The quantitative estimate of drug-likeness (QED) is 0.229. The standard InChI is InChI=1S/C30H34ClN5O2/c1-5-7-8-9-28(38)34-24-13-10-21(11-14-24)22-12-15-27-25(16-22)29(35-30-32-17-23(31)18-33-30)19(3)26(6-2)36(27)20(4)37/h5,10-19,26,29H,1,6-9H2,2-4H3,(H,34,38)(H,32,33,35)/t19?,26?,29-/m1/s1. The van der Waals surface area contributed by atoms with Crippen molar-refractivity contribution in [1.29, 1.82) is 0 Å². The van der Waals surface area contributed by atoms with Crippen LogP contribution >= 0.6 is 11.6 Å². The number of unbranched alkanes of at least 4 members (excludes halogenated alkanes) is 1. The fourth-order valence-electron chi connectivity index (χ4n) is 5.19. The minimum Gasteiger partial charge on any atom is -0.347 e. The third-order valence-corrected chi connectivity index (χ3v) is 7.26. The zero-order valence-corrected chi connectivity index (χ0v) is 22.8. The monoisotopic (exact) mass is 531 g/mol. The third kappa shape index (κ3) is 6.05. The van der Waals surface area contributed by atoms with E-state index >= 15 is 0 Å². The lowest BCUT2D eigenvalue weighted by atomic mass is 9.80. The molecule has 1 aliphatic heterocycles. The number of halogens is 1. The summed E-state index contributed by atoms with van der Waals surface area (Å²) >= 11 is 6.00. The zero-order valence-electron chi connectivity index (χ0n) is 22.1. The lowest BCUT2D eigenvalue weighted by molar-refractivity contribution is -0.117. The molecule has 0 radical (unpaired) electrons. The molecule has 2 amide bonds. The normalized spacial score (nSPS) is 18.4. The van der Waals surface area contributed by atoms with Crippen LogP contribution < -0.4 is 15.5 Å². The number of carbonyl (C=O) groups is 2. The first-order chi connectivity index (χ1) is 18.3. The summed E-state index contributed by atoms with van der Waals surface area (Å²) in [5.41, 5.74) is 4.69. The van der Waals surface area contributed by atoms with E-state index in [-0.39, 0.29) is 29.8 Å². The molecule has 3 atom stereocenters. The predicted molar refractivity (Wildman–Crippen MR) is 154 cm³/mol. The van der Waals surface area contributed by atoms with Gasteiger partial charge in [-0.05, 0) is 60.2 Å². The molecule has 8 heteroatoms. The average Bonchev–Trinajstić information content (AvgIpc) is 2.91. The van der Waals surface area contributed by atoms with Crippen molar-refractivity contribution in [2.24, 2.45) is 5.92 Å². The van der Waals surface area contributed by atoms with Crippen molar-refractivity contribution in [2.75, 3.05) is 15.5 Å². The molecule has 2 aromatic carbocycles. The number of nitrogens with one attached hydrogen (secondary N) is 2. The first-order valence-corrected chi connectivity index (χ1v) is 13.4. The van der Waals surface area contributed by atoms with Gasteiger partial charge in [0.05, 0.1) is 23.5 Å². The van der Waals surface area contributed by atoms with Gasteiger partial charge in [-0.25, -0.2) is 9.97 Å². The number of hydrogen-bond donors (Lipinski definition) is 2. The molecule has 3 aromatic rings. The Morgan fingerprint density at radius 1 is 1.11 bits per heavy atom. The Hall–Kier alpha value is -3.71. The van der Waals surface area contributed by atoms with E-state index in [0.29, 0.717) is 17.4 Å². The predicted octanol–water partition coefficient (Wildman–Crippen LogP) is 7.03. The maximum absolute atomic E-state index is 12.8. The second-order valence-corrected chi connectivity index (χ2v) is 10.1. The summed E-state index contributed by atoms with van der Waals surface area (Å²) in [5.74, 6) is 0.606. The van der Waals surface area contributed by atoms with Crippen LogP contribution in [0.3, 0.4) is 0 Å². The highest BCUT2D eigenvalue weighted by Crippen LogP contribution is 2.44. The third-order valence-electron chi connectivity index (χ3n) is 7.06. The van der Waals surface area contributed by atoms with E-state index in [1.54, 1.807) is 19.3 Å². The Morgan fingerprint density at radius 2 is 1.79 bits per heavy atom. The summed E-state index contributed by atoms with van der Waals surface area (Å²) in [4.78, 5) is 35.6. The van der Waals surface area contributed by atoms with Crippen molar-refractivity contribution >= 4 is 40.7 Å². The highest BCUT2D eigenvalue weighted by Gasteiger charge is 2.40. The van der Waals surface area contributed by atoms with Crippen LogP contribution in [-0.2, 0) is 9.59 Å². The topological polar surface area (TPSA) is 87.2 Å². The van der Waals surface area contributed by atoms with E-state index in [0.717, 1.165) is 47.3 Å². The lowest BCUT2D eigenvalue weighted by Crippen LogP contribution is -2.49. The van der Waals surface area contributed by atoms with E-state index < -0.39 is 0 Å². The first kappa shape index (κ1) is 27.3. The molecule has 1 aromatic heterocycles. The van der Waals surface area contributed by atoms with Crippen LogP contribution in [0.25, 0.3) is 11.1 Å². The number of aromatic nitrogens is 2. The van der Waals surface area contributed by atoms with Gasteiger partial charge in [0.25, 0.3) is 0 Å². The second-order valence-electron chi connectivity index (χ2n) is 9.65. The fraction of sp³-hybridized carbons (Fsp3) is 0.333. The molecule has 0 fully saturated rings. The number of rotatable bonds is 9. The molecule has 0 saturated carbocycles. The number of amides is 2. The van der Waals surface area contributed by atoms with Crippen molar-refractivity contribution in [2.45, 2.75) is 58.5 Å². The summed E-state index contributed by atoms with van der Waals surface area (Å²) in [6.07, 6.45) is 7.86. The average molecular weight is 532 g/mol. The molecular weight excluding hydrogens is 498 g/mol. The van der Waals surface area contributed by atoms with Crippen LogP contribution in [0.15, 0.2) is 67.5 Å². The molecule has 2 unspecified atom stereocenters. The molecule has 198 valence electrons. The number of allylic oxidation sites excluding steroid dienone is 1. The van der Waals surface area contributed by atoms with E-state index in [4.69, 9.17) is 11.6 Å². The summed E-state index contributed by atoms with van der Waals surface area (Å²) < 4.78 is 0. The van der Waals surface area contributed by atoms with Crippen molar-refractivity contribution < 1.29 is 9.59 Å². The van der Waals surface area contributed by atoms with Crippen molar-refractivity contribution in [3.05, 3.63) is 78.1 Å². The maximum atomic E-state index is 12.8. The summed E-state index contributed by atoms with van der Waals surface area (Å²) in [5, 5.41) is 6.92. The first-order valence-electron chi connectivity index (χ1n) is 13.0. The number of anilines is 3. The lowest BCUT2D eigenvalue weighted by Gasteiger charge is -2.45. The summed E-state index contributed by atoms with van der Waals surface area (Å²) in [7, 11) is 0. The number of carbonyl (C=O) groups excluding carboxylic acids is 2. The summed E-state index contributed by atoms with van der Waals surface area (Å²) in [6, 6.07) is 13.9. The molecular formula is C30H34ClN5O2. The number of hydrogen-bond acceptors (Lipinski definition) is 5. The molecule has 0 aliphatic carbocycles. The van der Waals surface area contributed by atoms with E-state index in [1.807, 2.05) is 47.4 Å². The minimum absolute atomic E-state index is 0.00416. The van der Waals surface area contributed by atoms with Crippen LogP contribution in [0, 0.1) is 5.92 Å². The largest absolute Gasteiger partial charge is 0.347 e. The molecule has 2 N–H and O–H groups in total. The van der Waals surface area contributed by atoms with Gasteiger partial charge in [0.2, 0.25) is 17.8 Å². The Morgan fingerprint density at radius 3 is 2.42 bits per heavy atom. The van der Waals surface area contributed by atoms with Crippen molar-refractivity contribution in [1.82, 2.24) is 9.97 Å². The Balaban J connectivity index is 1.65. The molecule has 4 rings (SSSR count). The van der Waals surface area contributed by atoms with Gasteiger partial charge in [-0.15, -0.1) is 6.58 Å². The highest BCUT2D eigenvalue weighted by molar-refractivity contribution is 6.30. The van der Waals surface area contributed by atoms with Gasteiger partial charge < -0.3 is 15.5 Å². The molecule has 0 bridgehead atoms. The van der Waals surface area contributed by atoms with Gasteiger partial charge in [0, 0.05) is 36.7 Å². The molecule has 1 aliphatic rings. The maximum Gasteiger partial charge on any atom is 0.224 e. The molecule has 2 heterocycles. The number of nitrogens with zero attached hydrogens (tertiary/aromatic N) is 3. The van der Waals surface area contributed by atoms with Crippen LogP contribution in [0.1, 0.15) is 58.1 Å². The van der Waals surface area contributed by atoms with Gasteiger partial charge in [0.1, 0.15) is 0 Å². The van der Waals surface area contributed by atoms with Crippen molar-refractivity contribution in [3.63, 3.8) is 0 Å². The van der Waals surface area contributed by atoms with Gasteiger partial charge in [-0.2, -0.15) is 0 Å². The van der Waals surface area contributed by atoms with Crippen molar-refractivity contribution in [3.8, 4) is 11.1 Å². The smallest absolute Gasteiger partial charge is 0.224 e. The van der Waals surface area contributed by atoms with E-state index in [9.17, 15) is 9.59 Å².